The summed E-state index contributed by atoms with van der Waals surface area (Å²) in [5.41, 5.74) is 8.00. The Hall–Kier alpha value is -1.43. The van der Waals surface area contributed by atoms with Gasteiger partial charge in [0.2, 0.25) is 0 Å². The topological polar surface area (TPSA) is 69.2 Å². The molecule has 0 aliphatic heterocycles. The fourth-order valence-electron chi connectivity index (χ4n) is 1.92. The number of hydrogen-bond acceptors (Lipinski definition) is 3. The second-order valence-electron chi connectivity index (χ2n) is 4.40. The Morgan fingerprint density at radius 1 is 1.25 bits per heavy atom. The lowest BCUT2D eigenvalue weighted by atomic mass is 9.99. The van der Waals surface area contributed by atoms with Crippen molar-refractivity contribution in [2.24, 2.45) is 5.73 Å². The largest absolute Gasteiger partial charge is 0.324 e. The highest BCUT2D eigenvalue weighted by molar-refractivity contribution is 9.10. The van der Waals surface area contributed by atoms with Gasteiger partial charge in [-0.2, -0.15) is 0 Å². The zero-order valence-electron chi connectivity index (χ0n) is 10.4. The van der Waals surface area contributed by atoms with E-state index in [9.17, 15) is 10.1 Å². The third-order valence-corrected chi connectivity index (χ3v) is 3.79. The van der Waals surface area contributed by atoms with Crippen molar-refractivity contribution in [1.82, 2.24) is 0 Å². The molecular formula is C14H12BrClN2O2. The van der Waals surface area contributed by atoms with Crippen LogP contribution in [-0.2, 0) is 6.42 Å². The summed E-state index contributed by atoms with van der Waals surface area (Å²) in [4.78, 5) is 10.2. The van der Waals surface area contributed by atoms with Crippen LogP contribution < -0.4 is 5.73 Å². The summed E-state index contributed by atoms with van der Waals surface area (Å²) in [5, 5.41) is 11.2. The molecule has 104 valence electrons. The highest BCUT2D eigenvalue weighted by Gasteiger charge is 2.12. The maximum absolute atomic E-state index is 10.6. The molecule has 0 saturated carbocycles. The second kappa shape index (κ2) is 6.35. The molecule has 4 nitrogen and oxygen atoms in total. The Labute approximate surface area is 129 Å². The SMILES string of the molecule is NC(Cc1ccc([N+](=O)[O-])cc1)c1ccc(Br)cc1Cl. The van der Waals surface area contributed by atoms with Crippen molar-refractivity contribution in [2.75, 3.05) is 0 Å². The molecule has 2 N–H and O–H groups in total. The lowest BCUT2D eigenvalue weighted by Gasteiger charge is -2.14. The summed E-state index contributed by atoms with van der Waals surface area (Å²) in [6.07, 6.45) is 0.569. The second-order valence-corrected chi connectivity index (χ2v) is 5.72. The van der Waals surface area contributed by atoms with Crippen LogP contribution in [0.2, 0.25) is 5.02 Å². The van der Waals surface area contributed by atoms with Gasteiger partial charge in [-0.15, -0.1) is 0 Å². The van der Waals surface area contributed by atoms with E-state index in [0.717, 1.165) is 15.6 Å². The number of nitrogens with two attached hydrogens (primary N) is 1. The van der Waals surface area contributed by atoms with Crippen LogP contribution in [0.3, 0.4) is 0 Å². The molecule has 0 amide bonds. The molecule has 0 radical (unpaired) electrons. The molecule has 0 aromatic heterocycles. The van der Waals surface area contributed by atoms with Gasteiger partial charge in [-0.3, -0.25) is 10.1 Å². The van der Waals surface area contributed by atoms with Crippen molar-refractivity contribution in [1.29, 1.82) is 0 Å². The standard InChI is InChI=1S/C14H12BrClN2O2/c15-10-3-6-12(13(16)8-10)14(17)7-9-1-4-11(5-2-9)18(19)20/h1-6,8,14H,7,17H2. The summed E-state index contributed by atoms with van der Waals surface area (Å²) >= 11 is 9.50. The van der Waals surface area contributed by atoms with Crippen LogP contribution in [0.15, 0.2) is 46.9 Å². The fourth-order valence-corrected chi connectivity index (χ4v) is 2.73. The molecule has 20 heavy (non-hydrogen) atoms. The fraction of sp³-hybridized carbons (Fsp3) is 0.143. The molecule has 0 aliphatic carbocycles. The molecule has 0 saturated heterocycles. The molecule has 0 heterocycles. The van der Waals surface area contributed by atoms with E-state index in [1.807, 2.05) is 12.1 Å². The number of benzene rings is 2. The van der Waals surface area contributed by atoms with Gasteiger partial charge < -0.3 is 5.73 Å². The summed E-state index contributed by atoms with van der Waals surface area (Å²) in [6, 6.07) is 11.7. The van der Waals surface area contributed by atoms with Crippen molar-refractivity contribution in [3.63, 3.8) is 0 Å². The van der Waals surface area contributed by atoms with Crippen LogP contribution in [0, 0.1) is 10.1 Å². The minimum absolute atomic E-state index is 0.0731. The maximum atomic E-state index is 10.6. The van der Waals surface area contributed by atoms with E-state index >= 15 is 0 Å². The first kappa shape index (κ1) is 15.0. The molecular weight excluding hydrogens is 344 g/mol. The van der Waals surface area contributed by atoms with Crippen molar-refractivity contribution in [3.05, 3.63) is 73.2 Å². The molecule has 0 spiro atoms. The van der Waals surface area contributed by atoms with Gasteiger partial charge >= 0.3 is 0 Å². The van der Waals surface area contributed by atoms with Crippen LogP contribution in [0.1, 0.15) is 17.2 Å². The number of non-ortho nitro benzene ring substituents is 1. The van der Waals surface area contributed by atoms with Gasteiger partial charge in [-0.05, 0) is 29.7 Å². The third kappa shape index (κ3) is 3.56. The number of nitrogens with zero attached hydrogens (tertiary/aromatic N) is 1. The molecule has 1 atom stereocenters. The average molecular weight is 356 g/mol. The van der Waals surface area contributed by atoms with Gasteiger partial charge in [0.25, 0.3) is 5.69 Å². The van der Waals surface area contributed by atoms with E-state index in [0.29, 0.717) is 11.4 Å². The van der Waals surface area contributed by atoms with E-state index in [-0.39, 0.29) is 11.7 Å². The smallest absolute Gasteiger partial charge is 0.269 e. The minimum Gasteiger partial charge on any atom is -0.324 e. The Kier molecular flexibility index (Phi) is 4.75. The van der Waals surface area contributed by atoms with E-state index in [4.69, 9.17) is 17.3 Å². The van der Waals surface area contributed by atoms with E-state index in [1.165, 1.54) is 12.1 Å². The Morgan fingerprint density at radius 2 is 1.90 bits per heavy atom. The number of nitro benzene ring substituents is 1. The molecule has 0 fully saturated rings. The number of nitro groups is 1. The van der Waals surface area contributed by atoms with Crippen molar-refractivity contribution < 1.29 is 4.92 Å². The Bertz CT molecular complexity index is 632. The lowest BCUT2D eigenvalue weighted by Crippen LogP contribution is -2.13. The van der Waals surface area contributed by atoms with Gasteiger partial charge in [0.05, 0.1) is 4.92 Å². The number of hydrogen-bond donors (Lipinski definition) is 1. The predicted octanol–water partition coefficient (Wildman–Crippen LogP) is 4.25. The predicted molar refractivity (Wildman–Crippen MR) is 82.9 cm³/mol. The average Bonchev–Trinajstić information content (AvgIpc) is 2.39. The van der Waals surface area contributed by atoms with Crippen molar-refractivity contribution in [2.45, 2.75) is 12.5 Å². The monoisotopic (exact) mass is 354 g/mol. The molecule has 6 heteroatoms. The quantitative estimate of drug-likeness (QED) is 0.658. The molecule has 0 bridgehead atoms. The highest BCUT2D eigenvalue weighted by Crippen LogP contribution is 2.27. The van der Waals surface area contributed by atoms with E-state index < -0.39 is 4.92 Å². The summed E-state index contributed by atoms with van der Waals surface area (Å²) in [7, 11) is 0. The van der Waals surface area contributed by atoms with Crippen LogP contribution in [-0.4, -0.2) is 4.92 Å². The number of rotatable bonds is 4. The summed E-state index contributed by atoms with van der Waals surface area (Å²) < 4.78 is 0.897. The first-order chi connectivity index (χ1) is 9.47. The van der Waals surface area contributed by atoms with E-state index in [2.05, 4.69) is 15.9 Å². The molecule has 2 aromatic rings. The molecule has 0 aliphatic rings. The zero-order chi connectivity index (χ0) is 14.7. The normalized spacial score (nSPS) is 12.2. The molecule has 2 aromatic carbocycles. The lowest BCUT2D eigenvalue weighted by molar-refractivity contribution is -0.384. The zero-order valence-corrected chi connectivity index (χ0v) is 12.8. The highest BCUT2D eigenvalue weighted by atomic mass is 79.9. The van der Waals surface area contributed by atoms with Crippen LogP contribution in [0.4, 0.5) is 5.69 Å². The summed E-state index contributed by atoms with van der Waals surface area (Å²) in [5.74, 6) is 0. The van der Waals surface area contributed by atoms with Gasteiger partial charge in [0.15, 0.2) is 0 Å². The van der Waals surface area contributed by atoms with E-state index in [1.54, 1.807) is 18.2 Å². The first-order valence-corrected chi connectivity index (χ1v) is 7.08. The Morgan fingerprint density at radius 3 is 2.45 bits per heavy atom. The Balaban J connectivity index is 2.14. The first-order valence-electron chi connectivity index (χ1n) is 5.91. The van der Waals surface area contributed by atoms with Gasteiger partial charge in [0.1, 0.15) is 0 Å². The van der Waals surface area contributed by atoms with Gasteiger partial charge in [-0.25, -0.2) is 0 Å². The third-order valence-electron chi connectivity index (χ3n) is 2.96. The van der Waals surface area contributed by atoms with Crippen molar-refractivity contribution >= 4 is 33.2 Å². The van der Waals surface area contributed by atoms with Crippen LogP contribution >= 0.6 is 27.5 Å². The molecule has 1 unspecified atom stereocenters. The minimum atomic E-state index is -0.421. The number of halogens is 2. The van der Waals surface area contributed by atoms with Gasteiger partial charge in [0, 0.05) is 27.7 Å². The maximum Gasteiger partial charge on any atom is 0.269 e. The molecule has 2 rings (SSSR count). The van der Waals surface area contributed by atoms with Crippen molar-refractivity contribution in [3.8, 4) is 0 Å². The summed E-state index contributed by atoms with van der Waals surface area (Å²) in [6.45, 7) is 0. The van der Waals surface area contributed by atoms with Crippen LogP contribution in [0.5, 0.6) is 0 Å². The van der Waals surface area contributed by atoms with Crippen LogP contribution in [0.25, 0.3) is 0 Å². The van der Waals surface area contributed by atoms with Gasteiger partial charge in [-0.1, -0.05) is 45.7 Å².